The summed E-state index contributed by atoms with van der Waals surface area (Å²) in [6.45, 7) is 1.05. The summed E-state index contributed by atoms with van der Waals surface area (Å²) in [5, 5.41) is 5.71. The number of carbonyl (C=O) groups is 1. The molecule has 2 saturated carbocycles. The first-order chi connectivity index (χ1) is 18.6. The zero-order valence-corrected chi connectivity index (χ0v) is 23.5. The van der Waals surface area contributed by atoms with Gasteiger partial charge in [0.25, 0.3) is 0 Å². The SMILES string of the molecule is Cl.NC1CCC(NC(=O)CC(c2cnc3ccccc3c2)c2cn(CC3CCCCC3)c3ccccc23)CC1. The van der Waals surface area contributed by atoms with Gasteiger partial charge in [0.15, 0.2) is 0 Å². The van der Waals surface area contributed by atoms with Crippen molar-refractivity contribution in [2.75, 3.05) is 0 Å². The smallest absolute Gasteiger partial charge is 0.221 e. The summed E-state index contributed by atoms with van der Waals surface area (Å²) in [5.74, 6) is 0.789. The average molecular weight is 545 g/mol. The van der Waals surface area contributed by atoms with Crippen LogP contribution in [0.3, 0.4) is 0 Å². The summed E-state index contributed by atoms with van der Waals surface area (Å²) in [4.78, 5) is 18.3. The molecule has 6 heteroatoms. The Bertz CT molecular complexity index is 1400. The molecule has 0 radical (unpaired) electrons. The molecule has 2 aromatic heterocycles. The normalized spacial score (nSPS) is 20.9. The number of amides is 1. The van der Waals surface area contributed by atoms with Gasteiger partial charge in [-0.1, -0.05) is 55.7 Å². The van der Waals surface area contributed by atoms with Crippen LogP contribution >= 0.6 is 12.4 Å². The van der Waals surface area contributed by atoms with Crippen LogP contribution in [-0.4, -0.2) is 27.5 Å². The van der Waals surface area contributed by atoms with Crippen LogP contribution in [0.4, 0.5) is 0 Å². The summed E-state index contributed by atoms with van der Waals surface area (Å²) < 4.78 is 2.46. The second-order valence-corrected chi connectivity index (χ2v) is 11.7. The highest BCUT2D eigenvalue weighted by Gasteiger charge is 2.26. The van der Waals surface area contributed by atoms with E-state index in [1.165, 1.54) is 48.6 Å². The standard InChI is InChI=1S/C33H40N4O.ClH/c34-26-14-16-27(17-15-26)36-33(38)19-29(25-18-24-10-4-6-12-31(24)35-20-25)30-22-37(21-23-8-2-1-3-9-23)32-13-7-5-11-28(30)32;/h4-7,10-13,18,20,22-23,26-27,29H,1-3,8-9,14-17,19,21,34H2,(H,36,38);1H. The summed E-state index contributed by atoms with van der Waals surface area (Å²) in [6, 6.07) is 19.7. The molecular weight excluding hydrogens is 504 g/mol. The van der Waals surface area contributed by atoms with Gasteiger partial charge >= 0.3 is 0 Å². The predicted molar refractivity (Wildman–Crippen MR) is 162 cm³/mol. The zero-order chi connectivity index (χ0) is 25.9. The number of aromatic nitrogens is 2. The third-order valence-corrected chi connectivity index (χ3v) is 8.91. The van der Waals surface area contributed by atoms with E-state index in [2.05, 4.69) is 58.5 Å². The van der Waals surface area contributed by atoms with Crippen molar-refractivity contribution < 1.29 is 4.79 Å². The van der Waals surface area contributed by atoms with Crippen molar-refractivity contribution in [1.29, 1.82) is 0 Å². The lowest BCUT2D eigenvalue weighted by molar-refractivity contribution is -0.122. The molecule has 2 aliphatic carbocycles. The molecule has 2 aromatic carbocycles. The molecule has 4 aromatic rings. The number of carbonyl (C=O) groups excluding carboxylic acids is 1. The van der Waals surface area contributed by atoms with E-state index in [1.807, 2.05) is 18.3 Å². The first-order valence-corrected chi connectivity index (χ1v) is 14.6. The maximum Gasteiger partial charge on any atom is 0.221 e. The van der Waals surface area contributed by atoms with Crippen LogP contribution in [0.15, 0.2) is 67.0 Å². The highest BCUT2D eigenvalue weighted by atomic mass is 35.5. The van der Waals surface area contributed by atoms with Crippen molar-refractivity contribution in [2.45, 2.75) is 88.8 Å². The van der Waals surface area contributed by atoms with Gasteiger partial charge in [0, 0.05) is 59.7 Å². The molecule has 2 fully saturated rings. The largest absolute Gasteiger partial charge is 0.353 e. The Morgan fingerprint density at radius 2 is 1.72 bits per heavy atom. The number of rotatable bonds is 7. The van der Waals surface area contributed by atoms with E-state index in [4.69, 9.17) is 10.7 Å². The van der Waals surface area contributed by atoms with Gasteiger partial charge in [-0.05, 0) is 73.8 Å². The molecule has 39 heavy (non-hydrogen) atoms. The molecule has 6 rings (SSSR count). The number of nitrogens with zero attached hydrogens (tertiary/aromatic N) is 2. The molecular formula is C33H41ClN4O. The molecule has 0 aliphatic heterocycles. The number of para-hydroxylation sites is 2. The van der Waals surface area contributed by atoms with Crippen molar-refractivity contribution in [1.82, 2.24) is 14.9 Å². The summed E-state index contributed by atoms with van der Waals surface area (Å²) in [7, 11) is 0. The molecule has 5 nitrogen and oxygen atoms in total. The Morgan fingerprint density at radius 1 is 0.974 bits per heavy atom. The minimum absolute atomic E-state index is 0. The molecule has 2 heterocycles. The number of nitrogens with one attached hydrogen (secondary N) is 1. The van der Waals surface area contributed by atoms with Crippen LogP contribution in [0.2, 0.25) is 0 Å². The molecule has 0 saturated heterocycles. The second-order valence-electron chi connectivity index (χ2n) is 11.7. The van der Waals surface area contributed by atoms with Gasteiger partial charge in [0.1, 0.15) is 0 Å². The van der Waals surface area contributed by atoms with Crippen molar-refractivity contribution in [3.05, 3.63) is 78.1 Å². The van der Waals surface area contributed by atoms with E-state index in [-0.39, 0.29) is 36.3 Å². The molecule has 0 bridgehead atoms. The molecule has 2 aliphatic rings. The topological polar surface area (TPSA) is 72.9 Å². The Balaban J connectivity index is 0.00000308. The summed E-state index contributed by atoms with van der Waals surface area (Å²) in [5.41, 5.74) is 10.7. The third-order valence-electron chi connectivity index (χ3n) is 8.91. The van der Waals surface area contributed by atoms with E-state index >= 15 is 0 Å². The number of nitrogens with two attached hydrogens (primary N) is 1. The number of halogens is 1. The maximum absolute atomic E-state index is 13.5. The van der Waals surface area contributed by atoms with Crippen LogP contribution in [-0.2, 0) is 11.3 Å². The zero-order valence-electron chi connectivity index (χ0n) is 22.7. The van der Waals surface area contributed by atoms with Gasteiger partial charge in [0.05, 0.1) is 5.52 Å². The highest BCUT2D eigenvalue weighted by Crippen LogP contribution is 2.37. The lowest BCUT2D eigenvalue weighted by atomic mass is 9.87. The summed E-state index contributed by atoms with van der Waals surface area (Å²) >= 11 is 0. The van der Waals surface area contributed by atoms with Crippen molar-refractivity contribution in [3.63, 3.8) is 0 Å². The molecule has 1 amide bonds. The Morgan fingerprint density at radius 3 is 2.54 bits per heavy atom. The Kier molecular flexibility index (Phi) is 8.89. The predicted octanol–water partition coefficient (Wildman–Crippen LogP) is 7.10. The van der Waals surface area contributed by atoms with E-state index in [0.717, 1.165) is 54.6 Å². The number of pyridine rings is 1. The van der Waals surface area contributed by atoms with E-state index in [1.54, 1.807) is 0 Å². The average Bonchev–Trinajstić information content (AvgIpc) is 3.31. The van der Waals surface area contributed by atoms with Crippen LogP contribution in [0.25, 0.3) is 21.8 Å². The molecule has 1 unspecified atom stereocenters. The number of benzene rings is 2. The maximum atomic E-state index is 13.5. The first-order valence-electron chi connectivity index (χ1n) is 14.6. The van der Waals surface area contributed by atoms with Crippen LogP contribution in [0.5, 0.6) is 0 Å². The number of hydrogen-bond acceptors (Lipinski definition) is 3. The van der Waals surface area contributed by atoms with Gasteiger partial charge in [-0.15, -0.1) is 12.4 Å². The van der Waals surface area contributed by atoms with Crippen LogP contribution in [0.1, 0.15) is 81.3 Å². The second kappa shape index (κ2) is 12.5. The van der Waals surface area contributed by atoms with Gasteiger partial charge in [0.2, 0.25) is 5.91 Å². The lowest BCUT2D eigenvalue weighted by Crippen LogP contribution is -2.40. The van der Waals surface area contributed by atoms with Crippen molar-refractivity contribution in [2.24, 2.45) is 11.7 Å². The van der Waals surface area contributed by atoms with Gasteiger partial charge in [-0.3, -0.25) is 9.78 Å². The molecule has 0 spiro atoms. The fourth-order valence-electron chi connectivity index (χ4n) is 6.77. The monoisotopic (exact) mass is 544 g/mol. The highest BCUT2D eigenvalue weighted by molar-refractivity contribution is 5.87. The van der Waals surface area contributed by atoms with Gasteiger partial charge < -0.3 is 15.6 Å². The lowest BCUT2D eigenvalue weighted by Gasteiger charge is -2.27. The van der Waals surface area contributed by atoms with Gasteiger partial charge in [-0.2, -0.15) is 0 Å². The number of fused-ring (bicyclic) bond motifs is 2. The van der Waals surface area contributed by atoms with Gasteiger partial charge in [-0.25, -0.2) is 0 Å². The van der Waals surface area contributed by atoms with Crippen molar-refractivity contribution >= 4 is 40.1 Å². The van der Waals surface area contributed by atoms with Crippen LogP contribution < -0.4 is 11.1 Å². The summed E-state index contributed by atoms with van der Waals surface area (Å²) in [6.07, 6.45) is 15.3. The first kappa shape index (κ1) is 27.7. The fraction of sp³-hybridized carbons (Fsp3) is 0.455. The quantitative estimate of drug-likeness (QED) is 0.260. The van der Waals surface area contributed by atoms with E-state index in [0.29, 0.717) is 6.42 Å². The minimum atomic E-state index is -0.0598. The molecule has 206 valence electrons. The van der Waals surface area contributed by atoms with E-state index < -0.39 is 0 Å². The van der Waals surface area contributed by atoms with E-state index in [9.17, 15) is 4.79 Å². The minimum Gasteiger partial charge on any atom is -0.353 e. The third kappa shape index (κ3) is 6.31. The number of hydrogen-bond donors (Lipinski definition) is 2. The van der Waals surface area contributed by atoms with Crippen molar-refractivity contribution in [3.8, 4) is 0 Å². The Labute approximate surface area is 238 Å². The van der Waals surface area contributed by atoms with Crippen LogP contribution in [0, 0.1) is 5.92 Å². The molecule has 1 atom stereocenters. The Hall–Kier alpha value is -2.89. The fourth-order valence-corrected chi connectivity index (χ4v) is 6.77. The molecule has 3 N–H and O–H groups in total.